The fraction of sp³-hybridized carbons (Fsp3) is 0.333. The first-order valence-corrected chi connectivity index (χ1v) is 10.1. The molecule has 3 rings (SSSR count). The van der Waals surface area contributed by atoms with Crippen LogP contribution in [0, 0.1) is 5.92 Å². The summed E-state index contributed by atoms with van der Waals surface area (Å²) in [5, 5.41) is 8.80. The maximum absolute atomic E-state index is 10.7. The third-order valence-electron chi connectivity index (χ3n) is 5.08. The van der Waals surface area contributed by atoms with Crippen molar-refractivity contribution in [1.82, 2.24) is 4.98 Å². The third kappa shape index (κ3) is 6.21. The summed E-state index contributed by atoms with van der Waals surface area (Å²) in [6, 6.07) is 16.1. The topological polar surface area (TPSA) is 62.7 Å². The molecule has 152 valence electrons. The molecule has 0 amide bonds. The Kier molecular flexibility index (Phi) is 7.45. The van der Waals surface area contributed by atoms with E-state index in [0.29, 0.717) is 25.5 Å². The highest BCUT2D eigenvalue weighted by molar-refractivity contribution is 5.66. The second-order valence-corrected chi connectivity index (χ2v) is 7.25. The van der Waals surface area contributed by atoms with Gasteiger partial charge in [0.25, 0.3) is 0 Å². The lowest BCUT2D eigenvalue weighted by Crippen LogP contribution is -2.23. The number of aromatic nitrogens is 1. The molecule has 1 N–H and O–H groups in total. The quantitative estimate of drug-likeness (QED) is 0.591. The van der Waals surface area contributed by atoms with E-state index in [0.717, 1.165) is 30.1 Å². The lowest BCUT2D eigenvalue weighted by atomic mass is 9.89. The van der Waals surface area contributed by atoms with E-state index in [4.69, 9.17) is 9.84 Å². The van der Waals surface area contributed by atoms with E-state index < -0.39 is 5.97 Å². The van der Waals surface area contributed by atoms with Gasteiger partial charge in [-0.3, -0.25) is 4.79 Å². The molecule has 1 aliphatic rings. The molecule has 5 nitrogen and oxygen atoms in total. The standard InChI is InChI=1S/C24H28N2O3/c1-19-18-22(14-13-20(19)8-7-12-24(27)28)29-17-16-26(21-9-3-2-4-10-21)23-11-5-6-15-25-23/h2-6,9-11,13-15,19H,7-8,12,16-18H2,1H3,(H,27,28). The zero-order chi connectivity index (χ0) is 20.5. The Balaban J connectivity index is 1.58. The number of aliphatic carboxylic acids is 1. The van der Waals surface area contributed by atoms with Crippen molar-refractivity contribution < 1.29 is 14.6 Å². The zero-order valence-electron chi connectivity index (χ0n) is 16.8. The number of nitrogens with zero attached hydrogens (tertiary/aromatic N) is 2. The van der Waals surface area contributed by atoms with Gasteiger partial charge in [-0.05, 0) is 49.1 Å². The molecule has 5 heteroatoms. The Bertz CT molecular complexity index is 807. The second-order valence-electron chi connectivity index (χ2n) is 7.25. The van der Waals surface area contributed by atoms with E-state index in [9.17, 15) is 4.79 Å². The van der Waals surface area contributed by atoms with Gasteiger partial charge >= 0.3 is 5.97 Å². The minimum atomic E-state index is -0.732. The molecule has 1 aromatic heterocycles. The molecule has 0 aliphatic heterocycles. The predicted molar refractivity (Wildman–Crippen MR) is 115 cm³/mol. The van der Waals surface area contributed by atoms with Gasteiger partial charge in [-0.15, -0.1) is 0 Å². The molecule has 0 spiro atoms. The van der Waals surface area contributed by atoms with E-state index in [1.165, 1.54) is 5.57 Å². The summed E-state index contributed by atoms with van der Waals surface area (Å²) in [5.74, 6) is 1.52. The molecular formula is C24H28N2O3. The summed E-state index contributed by atoms with van der Waals surface area (Å²) in [7, 11) is 0. The van der Waals surface area contributed by atoms with Crippen LogP contribution in [0.15, 0.2) is 78.2 Å². The van der Waals surface area contributed by atoms with Crippen molar-refractivity contribution in [2.45, 2.75) is 32.6 Å². The third-order valence-corrected chi connectivity index (χ3v) is 5.08. The van der Waals surface area contributed by atoms with Crippen LogP contribution in [-0.2, 0) is 9.53 Å². The number of hydrogen-bond acceptors (Lipinski definition) is 4. The van der Waals surface area contributed by atoms with Gasteiger partial charge in [0.15, 0.2) is 0 Å². The van der Waals surface area contributed by atoms with E-state index >= 15 is 0 Å². The van der Waals surface area contributed by atoms with E-state index in [-0.39, 0.29) is 6.42 Å². The lowest BCUT2D eigenvalue weighted by Gasteiger charge is -2.26. The van der Waals surface area contributed by atoms with E-state index in [2.05, 4.69) is 35.0 Å². The van der Waals surface area contributed by atoms with Crippen LogP contribution in [0.25, 0.3) is 0 Å². The van der Waals surface area contributed by atoms with Gasteiger partial charge in [-0.1, -0.05) is 42.8 Å². The number of rotatable bonds is 10. The monoisotopic (exact) mass is 392 g/mol. The lowest BCUT2D eigenvalue weighted by molar-refractivity contribution is -0.137. The average Bonchev–Trinajstić information content (AvgIpc) is 2.74. The summed E-state index contributed by atoms with van der Waals surface area (Å²) >= 11 is 0. The van der Waals surface area contributed by atoms with Crippen LogP contribution < -0.4 is 4.90 Å². The maximum atomic E-state index is 10.7. The van der Waals surface area contributed by atoms with Gasteiger partial charge < -0.3 is 14.7 Å². The molecule has 1 aliphatic carbocycles. The van der Waals surface area contributed by atoms with Crippen LogP contribution in [0.1, 0.15) is 32.6 Å². The number of benzene rings is 1. The molecule has 1 atom stereocenters. The van der Waals surface area contributed by atoms with Gasteiger partial charge in [0.2, 0.25) is 0 Å². The zero-order valence-corrected chi connectivity index (χ0v) is 16.8. The minimum absolute atomic E-state index is 0.222. The molecule has 1 aromatic carbocycles. The highest BCUT2D eigenvalue weighted by Gasteiger charge is 2.17. The number of pyridine rings is 1. The number of carbonyl (C=O) groups is 1. The van der Waals surface area contributed by atoms with Gasteiger partial charge in [0.05, 0.1) is 12.3 Å². The summed E-state index contributed by atoms with van der Waals surface area (Å²) in [6.07, 6.45) is 8.52. The summed E-state index contributed by atoms with van der Waals surface area (Å²) in [5.41, 5.74) is 2.39. The Hall–Kier alpha value is -3.08. The van der Waals surface area contributed by atoms with Crippen molar-refractivity contribution in [1.29, 1.82) is 0 Å². The van der Waals surface area contributed by atoms with Crippen LogP contribution in [0.3, 0.4) is 0 Å². The summed E-state index contributed by atoms with van der Waals surface area (Å²) < 4.78 is 6.07. The number of ether oxygens (including phenoxy) is 1. The summed E-state index contributed by atoms with van der Waals surface area (Å²) in [4.78, 5) is 17.3. The van der Waals surface area contributed by atoms with Gasteiger partial charge in [-0.2, -0.15) is 0 Å². The molecule has 0 saturated carbocycles. The smallest absolute Gasteiger partial charge is 0.303 e. The van der Waals surface area contributed by atoms with Crippen molar-refractivity contribution in [3.8, 4) is 0 Å². The van der Waals surface area contributed by atoms with Crippen molar-refractivity contribution in [3.63, 3.8) is 0 Å². The van der Waals surface area contributed by atoms with Gasteiger partial charge in [0, 0.05) is 24.7 Å². The Morgan fingerprint density at radius 3 is 2.66 bits per heavy atom. The van der Waals surface area contributed by atoms with Crippen LogP contribution in [0.4, 0.5) is 11.5 Å². The number of allylic oxidation sites excluding steroid dienone is 4. The molecule has 1 unspecified atom stereocenters. The number of anilines is 2. The van der Waals surface area contributed by atoms with E-state index in [1.807, 2.05) is 42.5 Å². The van der Waals surface area contributed by atoms with Crippen LogP contribution in [0.2, 0.25) is 0 Å². The van der Waals surface area contributed by atoms with Crippen molar-refractivity contribution in [2.24, 2.45) is 5.92 Å². The molecule has 2 aromatic rings. The first-order valence-electron chi connectivity index (χ1n) is 10.1. The fourth-order valence-corrected chi connectivity index (χ4v) is 3.51. The highest BCUT2D eigenvalue weighted by atomic mass is 16.5. The minimum Gasteiger partial charge on any atom is -0.496 e. The Morgan fingerprint density at radius 1 is 1.17 bits per heavy atom. The van der Waals surface area contributed by atoms with Crippen LogP contribution in [-0.4, -0.2) is 29.2 Å². The average molecular weight is 392 g/mol. The van der Waals surface area contributed by atoms with Crippen molar-refractivity contribution in [3.05, 3.63) is 78.2 Å². The summed E-state index contributed by atoms with van der Waals surface area (Å²) in [6.45, 7) is 3.43. The SMILES string of the molecule is CC1CC(OCCN(c2ccccc2)c2ccccn2)=CC=C1CCCC(=O)O. The van der Waals surface area contributed by atoms with Gasteiger partial charge in [-0.25, -0.2) is 4.98 Å². The first-order chi connectivity index (χ1) is 14.1. The molecular weight excluding hydrogens is 364 g/mol. The number of carboxylic acid groups (broad SMARTS) is 1. The molecule has 29 heavy (non-hydrogen) atoms. The fourth-order valence-electron chi connectivity index (χ4n) is 3.51. The predicted octanol–water partition coefficient (Wildman–Crippen LogP) is 5.34. The van der Waals surface area contributed by atoms with E-state index in [1.54, 1.807) is 6.20 Å². The number of hydrogen-bond donors (Lipinski definition) is 1. The Labute approximate surface area is 172 Å². The highest BCUT2D eigenvalue weighted by Crippen LogP contribution is 2.29. The van der Waals surface area contributed by atoms with Crippen molar-refractivity contribution in [2.75, 3.05) is 18.1 Å². The molecule has 1 heterocycles. The molecule has 0 bridgehead atoms. The van der Waals surface area contributed by atoms with Crippen LogP contribution >= 0.6 is 0 Å². The van der Waals surface area contributed by atoms with Gasteiger partial charge in [0.1, 0.15) is 12.4 Å². The largest absolute Gasteiger partial charge is 0.496 e. The second kappa shape index (κ2) is 10.5. The maximum Gasteiger partial charge on any atom is 0.303 e. The number of carboxylic acids is 1. The Morgan fingerprint density at radius 2 is 1.97 bits per heavy atom. The molecule has 0 saturated heterocycles. The molecule has 0 radical (unpaired) electrons. The molecule has 0 fully saturated rings. The number of para-hydroxylation sites is 1. The van der Waals surface area contributed by atoms with Crippen LogP contribution in [0.5, 0.6) is 0 Å². The first kappa shape index (κ1) is 20.6. The van der Waals surface area contributed by atoms with Crippen molar-refractivity contribution >= 4 is 17.5 Å². The normalized spacial score (nSPS) is 16.0.